The van der Waals surface area contributed by atoms with Gasteiger partial charge in [0, 0.05) is 23.2 Å². The van der Waals surface area contributed by atoms with Gasteiger partial charge in [-0.2, -0.15) is 11.8 Å². The van der Waals surface area contributed by atoms with E-state index in [-0.39, 0.29) is 23.0 Å². The molecule has 0 aliphatic carbocycles. The van der Waals surface area contributed by atoms with Gasteiger partial charge in [0.15, 0.2) is 0 Å². The fourth-order valence-corrected chi connectivity index (χ4v) is 3.68. The van der Waals surface area contributed by atoms with Crippen LogP contribution in [-0.2, 0) is 11.3 Å². The first-order valence-corrected chi connectivity index (χ1v) is 11.3. The standard InChI is InChI=1S/C21H24Cl2N2O4S/c1-28-15-6-4-13(19(11-15)29-2)12-24-21(27)18(8-9-30-3)25-20(26)16-7-5-14(22)10-17(16)23/h4-7,10-11,18H,8-9,12H2,1-3H3,(H,24,27)(H,25,26). The van der Waals surface area contributed by atoms with Crippen LogP contribution in [0.5, 0.6) is 11.5 Å². The van der Waals surface area contributed by atoms with Crippen LogP contribution in [0.4, 0.5) is 0 Å². The van der Waals surface area contributed by atoms with E-state index in [4.69, 9.17) is 32.7 Å². The van der Waals surface area contributed by atoms with Crippen LogP contribution in [0.15, 0.2) is 36.4 Å². The second-order valence-corrected chi connectivity index (χ2v) is 8.16. The summed E-state index contributed by atoms with van der Waals surface area (Å²) < 4.78 is 10.5. The third-order valence-electron chi connectivity index (χ3n) is 4.36. The highest BCUT2D eigenvalue weighted by Gasteiger charge is 2.22. The number of carbonyl (C=O) groups is 2. The molecule has 1 atom stereocenters. The van der Waals surface area contributed by atoms with E-state index >= 15 is 0 Å². The van der Waals surface area contributed by atoms with Gasteiger partial charge in [-0.3, -0.25) is 9.59 Å². The zero-order valence-electron chi connectivity index (χ0n) is 17.0. The quantitative estimate of drug-likeness (QED) is 0.544. The normalized spacial score (nSPS) is 11.5. The summed E-state index contributed by atoms with van der Waals surface area (Å²) in [6.45, 7) is 0.249. The highest BCUT2D eigenvalue weighted by atomic mass is 35.5. The Bertz CT molecular complexity index is 895. The van der Waals surface area contributed by atoms with Crippen LogP contribution in [0.25, 0.3) is 0 Å². The molecule has 30 heavy (non-hydrogen) atoms. The molecule has 0 heterocycles. The average molecular weight is 471 g/mol. The van der Waals surface area contributed by atoms with E-state index in [1.165, 1.54) is 12.1 Å². The minimum atomic E-state index is -0.707. The van der Waals surface area contributed by atoms with Crippen molar-refractivity contribution in [3.63, 3.8) is 0 Å². The molecule has 2 N–H and O–H groups in total. The molecule has 6 nitrogen and oxygen atoms in total. The van der Waals surface area contributed by atoms with Gasteiger partial charge in [-0.1, -0.05) is 23.2 Å². The Morgan fingerprint density at radius 2 is 1.87 bits per heavy atom. The monoisotopic (exact) mass is 470 g/mol. The number of halogens is 2. The summed E-state index contributed by atoms with van der Waals surface area (Å²) in [7, 11) is 3.12. The molecule has 0 bridgehead atoms. The van der Waals surface area contributed by atoms with Gasteiger partial charge in [0.25, 0.3) is 5.91 Å². The summed E-state index contributed by atoms with van der Waals surface area (Å²) in [5, 5.41) is 6.29. The van der Waals surface area contributed by atoms with Crippen LogP contribution >= 0.6 is 35.0 Å². The number of methoxy groups -OCH3 is 2. The van der Waals surface area contributed by atoms with Crippen molar-refractivity contribution in [3.8, 4) is 11.5 Å². The van der Waals surface area contributed by atoms with Crippen molar-refractivity contribution in [2.24, 2.45) is 0 Å². The molecule has 2 aromatic rings. The Morgan fingerprint density at radius 1 is 1.10 bits per heavy atom. The van der Waals surface area contributed by atoms with Crippen molar-refractivity contribution in [2.75, 3.05) is 26.2 Å². The zero-order chi connectivity index (χ0) is 22.1. The lowest BCUT2D eigenvalue weighted by Crippen LogP contribution is -2.47. The molecule has 9 heteroatoms. The van der Waals surface area contributed by atoms with Crippen LogP contribution in [0.1, 0.15) is 22.3 Å². The molecule has 0 radical (unpaired) electrons. The average Bonchev–Trinajstić information content (AvgIpc) is 2.74. The van der Waals surface area contributed by atoms with Gasteiger partial charge in [0.05, 0.1) is 24.8 Å². The lowest BCUT2D eigenvalue weighted by molar-refractivity contribution is -0.123. The molecule has 0 aliphatic rings. The van der Waals surface area contributed by atoms with Crippen molar-refractivity contribution >= 4 is 46.8 Å². The van der Waals surface area contributed by atoms with Gasteiger partial charge in [-0.15, -0.1) is 0 Å². The van der Waals surface area contributed by atoms with Crippen molar-refractivity contribution in [3.05, 3.63) is 57.6 Å². The molecule has 1 unspecified atom stereocenters. The van der Waals surface area contributed by atoms with Crippen LogP contribution < -0.4 is 20.1 Å². The van der Waals surface area contributed by atoms with Crippen LogP contribution in [0.3, 0.4) is 0 Å². The summed E-state index contributed by atoms with van der Waals surface area (Å²) in [4.78, 5) is 25.4. The SMILES string of the molecule is COc1ccc(CNC(=O)C(CCSC)NC(=O)c2ccc(Cl)cc2Cl)c(OC)c1. The fourth-order valence-electron chi connectivity index (χ4n) is 2.72. The van der Waals surface area contributed by atoms with E-state index in [1.54, 1.807) is 44.2 Å². The molecule has 0 saturated heterocycles. The first-order valence-electron chi connectivity index (χ1n) is 9.13. The molecule has 2 aromatic carbocycles. The molecule has 0 fully saturated rings. The first-order chi connectivity index (χ1) is 14.4. The zero-order valence-corrected chi connectivity index (χ0v) is 19.3. The highest BCUT2D eigenvalue weighted by Crippen LogP contribution is 2.24. The van der Waals surface area contributed by atoms with E-state index in [9.17, 15) is 9.59 Å². The van der Waals surface area contributed by atoms with Gasteiger partial charge in [-0.05, 0) is 48.8 Å². The van der Waals surface area contributed by atoms with Crippen LogP contribution in [-0.4, -0.2) is 44.1 Å². The van der Waals surface area contributed by atoms with Gasteiger partial charge in [0.1, 0.15) is 17.5 Å². The first kappa shape index (κ1) is 24.2. The number of thioether (sulfide) groups is 1. The van der Waals surface area contributed by atoms with Crippen molar-refractivity contribution in [1.29, 1.82) is 0 Å². The lowest BCUT2D eigenvalue weighted by atomic mass is 10.1. The van der Waals surface area contributed by atoms with Gasteiger partial charge in [0.2, 0.25) is 5.91 Å². The van der Waals surface area contributed by atoms with E-state index in [0.717, 1.165) is 5.56 Å². The molecule has 0 aliphatic heterocycles. The Kier molecular flexibility index (Phi) is 9.62. The molecule has 0 spiro atoms. The topological polar surface area (TPSA) is 76.7 Å². The van der Waals surface area contributed by atoms with E-state index in [0.29, 0.717) is 28.7 Å². The maximum atomic E-state index is 12.8. The summed E-state index contributed by atoms with van der Waals surface area (Å²) in [6.07, 6.45) is 2.42. The predicted octanol–water partition coefficient (Wildman–Crippen LogP) is 4.18. The molecule has 2 rings (SSSR count). The number of hydrogen-bond donors (Lipinski definition) is 2. The smallest absolute Gasteiger partial charge is 0.253 e. The largest absolute Gasteiger partial charge is 0.497 e. The predicted molar refractivity (Wildman–Crippen MR) is 122 cm³/mol. The third kappa shape index (κ3) is 6.72. The van der Waals surface area contributed by atoms with Crippen molar-refractivity contribution in [2.45, 2.75) is 19.0 Å². The summed E-state index contributed by atoms with van der Waals surface area (Å²) in [5.74, 6) is 1.25. The molecule has 2 amide bonds. The van der Waals surface area contributed by atoms with Crippen LogP contribution in [0.2, 0.25) is 10.0 Å². The molecule has 0 saturated carbocycles. The second-order valence-electron chi connectivity index (χ2n) is 6.33. The summed E-state index contributed by atoms with van der Waals surface area (Å²) >= 11 is 13.6. The third-order valence-corrected chi connectivity index (χ3v) is 5.55. The van der Waals surface area contributed by atoms with Gasteiger partial charge in [-0.25, -0.2) is 0 Å². The van der Waals surface area contributed by atoms with Crippen LogP contribution in [0, 0.1) is 0 Å². The highest BCUT2D eigenvalue weighted by molar-refractivity contribution is 7.98. The Morgan fingerprint density at radius 3 is 2.50 bits per heavy atom. The minimum absolute atomic E-state index is 0.229. The Balaban J connectivity index is 2.08. The van der Waals surface area contributed by atoms with Gasteiger partial charge >= 0.3 is 0 Å². The Labute approximate surface area is 190 Å². The number of amides is 2. The second kappa shape index (κ2) is 11.9. The molecular weight excluding hydrogens is 447 g/mol. The number of nitrogens with one attached hydrogen (secondary N) is 2. The van der Waals surface area contributed by atoms with Gasteiger partial charge < -0.3 is 20.1 Å². The van der Waals surface area contributed by atoms with Crippen molar-refractivity contribution < 1.29 is 19.1 Å². The molecule has 0 aromatic heterocycles. The summed E-state index contributed by atoms with van der Waals surface area (Å²) in [5.41, 5.74) is 1.06. The molecular formula is C21H24Cl2N2O4S. The number of carbonyl (C=O) groups excluding carboxylic acids is 2. The number of rotatable bonds is 10. The minimum Gasteiger partial charge on any atom is -0.497 e. The molecule has 162 valence electrons. The fraction of sp³-hybridized carbons (Fsp3) is 0.333. The maximum Gasteiger partial charge on any atom is 0.253 e. The maximum absolute atomic E-state index is 12.8. The summed E-state index contributed by atoms with van der Waals surface area (Å²) in [6, 6.07) is 9.25. The van der Waals surface area contributed by atoms with E-state index < -0.39 is 11.9 Å². The van der Waals surface area contributed by atoms with Crippen molar-refractivity contribution in [1.82, 2.24) is 10.6 Å². The lowest BCUT2D eigenvalue weighted by Gasteiger charge is -2.19. The number of hydrogen-bond acceptors (Lipinski definition) is 5. The number of benzene rings is 2. The number of ether oxygens (including phenoxy) is 2. The van der Waals surface area contributed by atoms with E-state index in [2.05, 4.69) is 10.6 Å². The van der Waals surface area contributed by atoms with E-state index in [1.807, 2.05) is 12.3 Å². The Hall–Kier alpha value is -2.09.